The average molecular weight is 351 g/mol. The number of benzene rings is 1. The maximum Gasteiger partial charge on any atom is 0.130 e. The monoisotopic (exact) mass is 350 g/mol. The number of hydrogen-bond donors (Lipinski definition) is 2. The normalized spacial score (nSPS) is 12.1. The van der Waals surface area contributed by atoms with Gasteiger partial charge in [-0.25, -0.2) is 0 Å². The first-order valence-corrected chi connectivity index (χ1v) is 7.64. The highest BCUT2D eigenvalue weighted by molar-refractivity contribution is 9.10. The van der Waals surface area contributed by atoms with E-state index in [1.54, 1.807) is 13.1 Å². The van der Waals surface area contributed by atoms with Crippen molar-refractivity contribution in [1.29, 1.82) is 0 Å². The first-order chi connectivity index (χ1) is 10.1. The van der Waals surface area contributed by atoms with Crippen LogP contribution in [0.4, 0.5) is 0 Å². The second-order valence-electron chi connectivity index (χ2n) is 4.84. The molecule has 1 aromatic carbocycles. The van der Waals surface area contributed by atoms with Crippen LogP contribution in [0.15, 0.2) is 47.1 Å². The van der Waals surface area contributed by atoms with Gasteiger partial charge < -0.3 is 15.2 Å². The van der Waals surface area contributed by atoms with Gasteiger partial charge in [0.1, 0.15) is 12.4 Å². The van der Waals surface area contributed by atoms with E-state index in [4.69, 9.17) is 4.74 Å². The smallest absolute Gasteiger partial charge is 0.130 e. The van der Waals surface area contributed by atoms with Crippen molar-refractivity contribution in [1.82, 2.24) is 10.3 Å². The fourth-order valence-electron chi connectivity index (χ4n) is 1.88. The van der Waals surface area contributed by atoms with Crippen molar-refractivity contribution in [2.75, 3.05) is 6.54 Å². The maximum atomic E-state index is 9.30. The van der Waals surface area contributed by atoms with E-state index >= 15 is 0 Å². The van der Waals surface area contributed by atoms with Crippen molar-refractivity contribution in [3.63, 3.8) is 0 Å². The van der Waals surface area contributed by atoms with Crippen LogP contribution < -0.4 is 10.1 Å². The van der Waals surface area contributed by atoms with Crippen molar-refractivity contribution >= 4 is 15.9 Å². The standard InChI is InChI=1S/C16H19BrN2O2/c1-12(20)9-18-10-13-8-14(17)5-6-16(13)21-11-15-4-2-3-7-19-15/h2-8,12,18,20H,9-11H2,1H3. The first kappa shape index (κ1) is 15.9. The van der Waals surface area contributed by atoms with Crippen molar-refractivity contribution in [2.24, 2.45) is 0 Å². The molecule has 0 spiro atoms. The lowest BCUT2D eigenvalue weighted by molar-refractivity contribution is 0.190. The molecular formula is C16H19BrN2O2. The Morgan fingerprint density at radius 3 is 2.90 bits per heavy atom. The molecule has 112 valence electrons. The van der Waals surface area contributed by atoms with E-state index in [9.17, 15) is 5.11 Å². The number of nitrogens with zero attached hydrogens (tertiary/aromatic N) is 1. The number of pyridine rings is 1. The van der Waals surface area contributed by atoms with Crippen LogP contribution in [0.25, 0.3) is 0 Å². The fourth-order valence-corrected chi connectivity index (χ4v) is 2.29. The minimum atomic E-state index is -0.366. The highest BCUT2D eigenvalue weighted by Gasteiger charge is 2.06. The molecule has 2 aromatic rings. The zero-order chi connectivity index (χ0) is 15.1. The summed E-state index contributed by atoms with van der Waals surface area (Å²) in [5, 5.41) is 12.5. The molecule has 0 saturated carbocycles. The lowest BCUT2D eigenvalue weighted by Crippen LogP contribution is -2.24. The third-order valence-corrected chi connectivity index (χ3v) is 3.37. The van der Waals surface area contributed by atoms with E-state index in [0.29, 0.717) is 19.7 Å². The maximum absolute atomic E-state index is 9.30. The summed E-state index contributed by atoms with van der Waals surface area (Å²) in [6.07, 6.45) is 1.39. The number of aliphatic hydroxyl groups excluding tert-OH is 1. The predicted octanol–water partition coefficient (Wildman–Crippen LogP) is 2.89. The summed E-state index contributed by atoms with van der Waals surface area (Å²) in [7, 11) is 0. The molecule has 2 N–H and O–H groups in total. The second kappa shape index (κ2) is 8.12. The predicted molar refractivity (Wildman–Crippen MR) is 86.1 cm³/mol. The molecule has 0 fully saturated rings. The molecule has 1 atom stereocenters. The minimum Gasteiger partial charge on any atom is -0.487 e. The Labute approximate surface area is 133 Å². The lowest BCUT2D eigenvalue weighted by Gasteiger charge is -2.13. The van der Waals surface area contributed by atoms with E-state index in [1.807, 2.05) is 36.4 Å². The minimum absolute atomic E-state index is 0.366. The largest absolute Gasteiger partial charge is 0.487 e. The molecule has 1 aromatic heterocycles. The van der Waals surface area contributed by atoms with E-state index in [0.717, 1.165) is 21.5 Å². The van der Waals surface area contributed by atoms with Crippen LogP contribution in [0, 0.1) is 0 Å². The SMILES string of the molecule is CC(O)CNCc1cc(Br)ccc1OCc1ccccn1. The molecule has 0 saturated heterocycles. The van der Waals surface area contributed by atoms with Gasteiger partial charge in [0.05, 0.1) is 11.8 Å². The summed E-state index contributed by atoms with van der Waals surface area (Å²) in [5.74, 6) is 0.821. The number of aromatic nitrogens is 1. The van der Waals surface area contributed by atoms with Crippen molar-refractivity contribution in [3.05, 3.63) is 58.3 Å². The number of hydrogen-bond acceptors (Lipinski definition) is 4. The Balaban J connectivity index is 2.00. The highest BCUT2D eigenvalue weighted by Crippen LogP contribution is 2.24. The van der Waals surface area contributed by atoms with Crippen LogP contribution in [0.1, 0.15) is 18.2 Å². The van der Waals surface area contributed by atoms with E-state index in [2.05, 4.69) is 26.2 Å². The zero-order valence-corrected chi connectivity index (χ0v) is 13.5. The molecule has 0 aliphatic heterocycles. The Kier molecular flexibility index (Phi) is 6.17. The molecule has 0 aliphatic rings. The highest BCUT2D eigenvalue weighted by atomic mass is 79.9. The van der Waals surface area contributed by atoms with Crippen LogP contribution in [-0.4, -0.2) is 22.7 Å². The Hall–Kier alpha value is -1.43. The topological polar surface area (TPSA) is 54.4 Å². The van der Waals surface area contributed by atoms with Gasteiger partial charge in [-0.15, -0.1) is 0 Å². The molecule has 0 radical (unpaired) electrons. The lowest BCUT2D eigenvalue weighted by atomic mass is 10.2. The van der Waals surface area contributed by atoms with Gasteiger partial charge in [0.25, 0.3) is 0 Å². The van der Waals surface area contributed by atoms with Gasteiger partial charge >= 0.3 is 0 Å². The Morgan fingerprint density at radius 1 is 1.33 bits per heavy atom. The first-order valence-electron chi connectivity index (χ1n) is 6.85. The van der Waals surface area contributed by atoms with E-state index in [-0.39, 0.29) is 6.10 Å². The van der Waals surface area contributed by atoms with Gasteiger partial charge in [0, 0.05) is 29.3 Å². The molecule has 5 heteroatoms. The Morgan fingerprint density at radius 2 is 2.19 bits per heavy atom. The van der Waals surface area contributed by atoms with Gasteiger partial charge in [-0.2, -0.15) is 0 Å². The number of aliphatic hydroxyl groups is 1. The van der Waals surface area contributed by atoms with Crippen molar-refractivity contribution in [3.8, 4) is 5.75 Å². The molecule has 0 aliphatic carbocycles. The zero-order valence-electron chi connectivity index (χ0n) is 11.9. The van der Waals surface area contributed by atoms with Gasteiger partial charge in [0.15, 0.2) is 0 Å². The van der Waals surface area contributed by atoms with Gasteiger partial charge in [0.2, 0.25) is 0 Å². The van der Waals surface area contributed by atoms with Crippen LogP contribution >= 0.6 is 15.9 Å². The molecule has 0 bridgehead atoms. The molecule has 1 heterocycles. The van der Waals surface area contributed by atoms with Crippen LogP contribution in [0.3, 0.4) is 0 Å². The summed E-state index contributed by atoms with van der Waals surface area (Å²) in [6.45, 7) is 3.38. The number of rotatable bonds is 7. The Bertz CT molecular complexity index is 561. The van der Waals surface area contributed by atoms with Crippen molar-refractivity contribution < 1.29 is 9.84 Å². The number of nitrogens with one attached hydrogen (secondary N) is 1. The van der Waals surface area contributed by atoms with Crippen LogP contribution in [0.2, 0.25) is 0 Å². The van der Waals surface area contributed by atoms with Gasteiger partial charge in [-0.05, 0) is 37.3 Å². The molecule has 21 heavy (non-hydrogen) atoms. The number of halogens is 1. The van der Waals surface area contributed by atoms with Crippen LogP contribution in [-0.2, 0) is 13.2 Å². The van der Waals surface area contributed by atoms with E-state index in [1.165, 1.54) is 0 Å². The molecule has 2 rings (SSSR count). The summed E-state index contributed by atoms with van der Waals surface area (Å²) in [6, 6.07) is 11.7. The third kappa shape index (κ3) is 5.46. The van der Waals surface area contributed by atoms with Crippen molar-refractivity contribution in [2.45, 2.75) is 26.2 Å². The quantitative estimate of drug-likeness (QED) is 0.806. The fraction of sp³-hybridized carbons (Fsp3) is 0.312. The van der Waals surface area contributed by atoms with E-state index < -0.39 is 0 Å². The molecule has 1 unspecified atom stereocenters. The molecule has 4 nitrogen and oxygen atoms in total. The molecular weight excluding hydrogens is 332 g/mol. The van der Waals surface area contributed by atoms with Gasteiger partial charge in [-0.1, -0.05) is 22.0 Å². The summed E-state index contributed by atoms with van der Waals surface area (Å²) in [5.41, 5.74) is 1.93. The summed E-state index contributed by atoms with van der Waals surface area (Å²) < 4.78 is 6.85. The summed E-state index contributed by atoms with van der Waals surface area (Å²) in [4.78, 5) is 4.24. The second-order valence-corrected chi connectivity index (χ2v) is 5.76. The number of ether oxygens (including phenoxy) is 1. The van der Waals surface area contributed by atoms with Gasteiger partial charge in [-0.3, -0.25) is 4.98 Å². The molecule has 0 amide bonds. The van der Waals surface area contributed by atoms with Crippen LogP contribution in [0.5, 0.6) is 5.75 Å². The third-order valence-electron chi connectivity index (χ3n) is 2.88. The summed E-state index contributed by atoms with van der Waals surface area (Å²) >= 11 is 3.47. The average Bonchev–Trinajstić information content (AvgIpc) is 2.47.